The van der Waals surface area contributed by atoms with E-state index in [0.717, 1.165) is 65.3 Å². The third-order valence-electron chi connectivity index (χ3n) is 6.44. The number of hydrogen-bond acceptors (Lipinski definition) is 4. The zero-order chi connectivity index (χ0) is 22.8. The van der Waals surface area contributed by atoms with Crippen molar-refractivity contribution in [3.8, 4) is 17.0 Å². The molecule has 0 N–H and O–H groups in total. The molecule has 0 bridgehead atoms. The number of halogens is 1. The topological polar surface area (TPSA) is 50.6 Å². The van der Waals surface area contributed by atoms with Gasteiger partial charge in [0.25, 0.3) is 5.91 Å². The second kappa shape index (κ2) is 10.2. The molecule has 0 aliphatic carbocycles. The Labute approximate surface area is 206 Å². The fraction of sp³-hybridized carbons (Fsp3) is 0.259. The first-order valence-electron chi connectivity index (χ1n) is 11.3. The van der Waals surface area contributed by atoms with Crippen molar-refractivity contribution in [2.45, 2.75) is 6.42 Å². The summed E-state index contributed by atoms with van der Waals surface area (Å²) in [5.41, 5.74) is 3.59. The lowest BCUT2D eigenvalue weighted by Crippen LogP contribution is -2.35. The van der Waals surface area contributed by atoms with Gasteiger partial charge in [0.1, 0.15) is 11.6 Å². The van der Waals surface area contributed by atoms with E-state index in [4.69, 9.17) is 4.74 Å². The van der Waals surface area contributed by atoms with Gasteiger partial charge in [-0.1, -0.05) is 36.4 Å². The lowest BCUT2D eigenvalue weighted by molar-refractivity contribution is 0.0769. The standard InChI is InChI=1S/C27H28N4O2.ClH/c1-29-22-12-5-3-10-20(22)25(26(29)21-11-4-6-13-23(21)33-2)27(32)31-17-9-16-30(18-19-31)24-14-7-8-15-28-24;/h3-8,10-15H,9,16-19H2,1-2H3;1H. The molecule has 0 spiro atoms. The highest BCUT2D eigenvalue weighted by molar-refractivity contribution is 6.13. The number of benzene rings is 2. The Morgan fingerprint density at radius 1 is 0.912 bits per heavy atom. The number of methoxy groups -OCH3 is 1. The molecule has 7 heteroatoms. The third-order valence-corrected chi connectivity index (χ3v) is 6.44. The van der Waals surface area contributed by atoms with E-state index in [-0.39, 0.29) is 18.3 Å². The molecule has 34 heavy (non-hydrogen) atoms. The molecule has 176 valence electrons. The molecule has 0 unspecified atom stereocenters. The molecule has 0 saturated carbocycles. The minimum Gasteiger partial charge on any atom is -0.496 e. The van der Waals surface area contributed by atoms with Crippen LogP contribution >= 0.6 is 12.4 Å². The van der Waals surface area contributed by atoms with E-state index in [0.29, 0.717) is 6.54 Å². The Balaban J connectivity index is 0.00000274. The minimum absolute atomic E-state index is 0. The zero-order valence-electron chi connectivity index (χ0n) is 19.5. The molecule has 1 amide bonds. The number of pyridine rings is 1. The summed E-state index contributed by atoms with van der Waals surface area (Å²) in [4.78, 5) is 22.8. The minimum atomic E-state index is 0. The predicted octanol–water partition coefficient (Wildman–Crippen LogP) is 5.02. The maximum absolute atomic E-state index is 14.1. The lowest BCUT2D eigenvalue weighted by atomic mass is 10.0. The number of aryl methyl sites for hydroxylation is 1. The summed E-state index contributed by atoms with van der Waals surface area (Å²) < 4.78 is 7.77. The van der Waals surface area contributed by atoms with Gasteiger partial charge in [0.2, 0.25) is 0 Å². The van der Waals surface area contributed by atoms with Gasteiger partial charge in [0, 0.05) is 55.9 Å². The van der Waals surface area contributed by atoms with Gasteiger partial charge >= 0.3 is 0 Å². The van der Waals surface area contributed by atoms with Crippen molar-refractivity contribution in [3.63, 3.8) is 0 Å². The number of amides is 1. The van der Waals surface area contributed by atoms with Crippen molar-refractivity contribution in [2.24, 2.45) is 7.05 Å². The van der Waals surface area contributed by atoms with E-state index in [9.17, 15) is 4.79 Å². The molecule has 0 atom stereocenters. The van der Waals surface area contributed by atoms with Crippen LogP contribution < -0.4 is 9.64 Å². The van der Waals surface area contributed by atoms with Crippen molar-refractivity contribution >= 4 is 35.0 Å². The summed E-state index contributed by atoms with van der Waals surface area (Å²) in [7, 11) is 3.69. The Morgan fingerprint density at radius 3 is 2.47 bits per heavy atom. The Bertz CT molecular complexity index is 1290. The van der Waals surface area contributed by atoms with Crippen LogP contribution in [0.1, 0.15) is 16.8 Å². The first-order chi connectivity index (χ1) is 16.2. The largest absolute Gasteiger partial charge is 0.496 e. The number of aromatic nitrogens is 2. The molecule has 1 fully saturated rings. The average molecular weight is 477 g/mol. The van der Waals surface area contributed by atoms with Crippen molar-refractivity contribution < 1.29 is 9.53 Å². The van der Waals surface area contributed by atoms with E-state index in [1.165, 1.54) is 0 Å². The fourth-order valence-corrected chi connectivity index (χ4v) is 4.81. The first kappa shape index (κ1) is 23.6. The molecule has 1 aliphatic heterocycles. The molecule has 3 heterocycles. The van der Waals surface area contributed by atoms with Gasteiger partial charge in [0.05, 0.1) is 18.4 Å². The smallest absolute Gasteiger partial charge is 0.256 e. The molecule has 5 rings (SSSR count). The Hall–Kier alpha value is -3.51. The normalized spacial score (nSPS) is 13.9. The summed E-state index contributed by atoms with van der Waals surface area (Å²) in [5, 5.41) is 0.969. The maximum Gasteiger partial charge on any atom is 0.256 e. The van der Waals surface area contributed by atoms with Crippen molar-refractivity contribution in [2.75, 3.05) is 38.2 Å². The van der Waals surface area contributed by atoms with E-state index in [1.54, 1.807) is 7.11 Å². The molecule has 4 aromatic rings. The number of fused-ring (bicyclic) bond motifs is 1. The molecule has 0 radical (unpaired) electrons. The van der Waals surface area contributed by atoms with Gasteiger partial charge in [-0.05, 0) is 36.8 Å². The van der Waals surface area contributed by atoms with Crippen molar-refractivity contribution in [1.29, 1.82) is 0 Å². The Morgan fingerprint density at radius 2 is 1.68 bits per heavy atom. The maximum atomic E-state index is 14.1. The highest BCUT2D eigenvalue weighted by atomic mass is 35.5. The third kappa shape index (κ3) is 4.21. The number of carbonyl (C=O) groups is 1. The summed E-state index contributed by atoms with van der Waals surface area (Å²) in [6.45, 7) is 3.02. The van der Waals surface area contributed by atoms with Crippen LogP contribution in [-0.2, 0) is 7.05 Å². The second-order valence-electron chi connectivity index (χ2n) is 8.32. The molecule has 2 aromatic heterocycles. The van der Waals surface area contributed by atoms with Crippen LogP contribution in [0.5, 0.6) is 5.75 Å². The number of anilines is 1. The summed E-state index contributed by atoms with van der Waals surface area (Å²) in [6.07, 6.45) is 2.72. The number of hydrogen-bond donors (Lipinski definition) is 0. The summed E-state index contributed by atoms with van der Waals surface area (Å²) in [5.74, 6) is 1.79. The summed E-state index contributed by atoms with van der Waals surface area (Å²) in [6, 6.07) is 22.0. The van der Waals surface area contributed by atoms with E-state index < -0.39 is 0 Å². The highest BCUT2D eigenvalue weighted by Crippen LogP contribution is 2.38. The molecular formula is C27H29ClN4O2. The van der Waals surface area contributed by atoms with Crippen molar-refractivity contribution in [1.82, 2.24) is 14.5 Å². The molecule has 6 nitrogen and oxygen atoms in total. The average Bonchev–Trinajstić information content (AvgIpc) is 3.01. The van der Waals surface area contributed by atoms with Crippen LogP contribution in [0.3, 0.4) is 0 Å². The monoisotopic (exact) mass is 476 g/mol. The van der Waals surface area contributed by atoms with Gasteiger partial charge < -0.3 is 19.1 Å². The number of rotatable bonds is 4. The van der Waals surface area contributed by atoms with E-state index in [2.05, 4.69) is 20.5 Å². The van der Waals surface area contributed by atoms with Crippen LogP contribution in [-0.4, -0.2) is 53.6 Å². The highest BCUT2D eigenvalue weighted by Gasteiger charge is 2.28. The summed E-state index contributed by atoms with van der Waals surface area (Å²) >= 11 is 0. The predicted molar refractivity (Wildman–Crippen MR) is 139 cm³/mol. The van der Waals surface area contributed by atoms with Crippen LogP contribution in [0.25, 0.3) is 22.2 Å². The van der Waals surface area contributed by atoms with Crippen molar-refractivity contribution in [3.05, 3.63) is 78.5 Å². The quantitative estimate of drug-likeness (QED) is 0.415. The van der Waals surface area contributed by atoms with E-state index in [1.807, 2.05) is 78.8 Å². The van der Waals surface area contributed by atoms with E-state index >= 15 is 0 Å². The van der Waals surface area contributed by atoms with Gasteiger partial charge in [-0.2, -0.15) is 0 Å². The first-order valence-corrected chi connectivity index (χ1v) is 11.3. The van der Waals surface area contributed by atoms with Gasteiger partial charge in [-0.15, -0.1) is 12.4 Å². The molecular weight excluding hydrogens is 448 g/mol. The number of nitrogens with zero attached hydrogens (tertiary/aromatic N) is 4. The molecule has 1 saturated heterocycles. The van der Waals surface area contributed by atoms with Crippen LogP contribution in [0, 0.1) is 0 Å². The molecule has 2 aromatic carbocycles. The Kier molecular flexibility index (Phi) is 7.08. The number of para-hydroxylation sites is 2. The fourth-order valence-electron chi connectivity index (χ4n) is 4.81. The molecule has 1 aliphatic rings. The van der Waals surface area contributed by atoms with Crippen LogP contribution in [0.2, 0.25) is 0 Å². The number of ether oxygens (including phenoxy) is 1. The SMILES string of the molecule is COc1ccccc1-c1c(C(=O)N2CCCN(c3ccccn3)CC2)c2ccccc2n1C.Cl. The second-order valence-corrected chi connectivity index (χ2v) is 8.32. The van der Waals surface area contributed by atoms with Gasteiger partial charge in [-0.3, -0.25) is 4.79 Å². The zero-order valence-corrected chi connectivity index (χ0v) is 20.3. The lowest BCUT2D eigenvalue weighted by Gasteiger charge is -2.23. The van der Waals surface area contributed by atoms with Crippen LogP contribution in [0.15, 0.2) is 72.9 Å². The number of carbonyl (C=O) groups excluding carboxylic acids is 1. The van der Waals surface area contributed by atoms with Gasteiger partial charge in [-0.25, -0.2) is 4.98 Å². The van der Waals surface area contributed by atoms with Gasteiger partial charge in [0.15, 0.2) is 0 Å². The van der Waals surface area contributed by atoms with Crippen LogP contribution in [0.4, 0.5) is 5.82 Å².